The zero-order valence-corrected chi connectivity index (χ0v) is 11.7. The summed E-state index contributed by atoms with van der Waals surface area (Å²) in [6.07, 6.45) is 6.61. The van der Waals surface area contributed by atoms with Crippen molar-refractivity contribution in [3.8, 4) is 0 Å². The second kappa shape index (κ2) is 5.05. The predicted molar refractivity (Wildman–Crippen MR) is 76.7 cm³/mol. The first-order valence-corrected chi connectivity index (χ1v) is 7.55. The Morgan fingerprint density at radius 3 is 2.50 bits per heavy atom. The van der Waals surface area contributed by atoms with E-state index in [1.165, 1.54) is 32.1 Å². The zero-order valence-electron chi connectivity index (χ0n) is 11.7. The van der Waals surface area contributed by atoms with E-state index in [1.807, 2.05) is 0 Å². The lowest BCUT2D eigenvalue weighted by atomic mass is 9.73. The van der Waals surface area contributed by atoms with E-state index in [2.05, 4.69) is 43.4 Å². The Labute approximate surface area is 111 Å². The summed E-state index contributed by atoms with van der Waals surface area (Å²) in [6, 6.07) is 10.5. The summed E-state index contributed by atoms with van der Waals surface area (Å²) in [5, 5.41) is 3.88. The number of aryl methyl sites for hydroxylation is 1. The molecular formula is C17H25N. The third kappa shape index (κ3) is 2.47. The summed E-state index contributed by atoms with van der Waals surface area (Å²) in [4.78, 5) is 0. The maximum Gasteiger partial charge on any atom is 0.0113 e. The number of benzene rings is 1. The van der Waals surface area contributed by atoms with E-state index < -0.39 is 0 Å². The van der Waals surface area contributed by atoms with E-state index in [1.54, 1.807) is 11.1 Å². The highest BCUT2D eigenvalue weighted by molar-refractivity contribution is 5.30. The standard InChI is InChI=1S/C17H25N/c1-12(2)15-10-17(11-15)18-16-8-7-13-5-3-4-6-14(13)9-16/h3-6,12,15-18H,7-11H2,1-2H3. The molecule has 0 heterocycles. The Hall–Kier alpha value is -0.820. The minimum absolute atomic E-state index is 0.720. The van der Waals surface area contributed by atoms with Crippen molar-refractivity contribution in [3.05, 3.63) is 35.4 Å². The second-order valence-electron chi connectivity index (χ2n) is 6.55. The third-order valence-corrected chi connectivity index (χ3v) is 4.94. The molecule has 0 aromatic heterocycles. The van der Waals surface area contributed by atoms with Gasteiger partial charge in [-0.2, -0.15) is 0 Å². The van der Waals surface area contributed by atoms with E-state index >= 15 is 0 Å². The van der Waals surface area contributed by atoms with E-state index in [0.29, 0.717) is 0 Å². The Morgan fingerprint density at radius 1 is 1.06 bits per heavy atom. The first kappa shape index (κ1) is 12.2. The molecule has 1 atom stereocenters. The first-order valence-electron chi connectivity index (χ1n) is 7.55. The Balaban J connectivity index is 1.52. The van der Waals surface area contributed by atoms with Gasteiger partial charge in [-0.05, 0) is 55.1 Å². The molecule has 3 rings (SSSR count). The molecule has 1 unspecified atom stereocenters. The Morgan fingerprint density at radius 2 is 1.78 bits per heavy atom. The van der Waals surface area contributed by atoms with Gasteiger partial charge in [0, 0.05) is 12.1 Å². The molecule has 0 saturated heterocycles. The molecule has 2 aliphatic carbocycles. The van der Waals surface area contributed by atoms with Gasteiger partial charge in [0.05, 0.1) is 0 Å². The summed E-state index contributed by atoms with van der Waals surface area (Å²) >= 11 is 0. The minimum Gasteiger partial charge on any atom is -0.311 e. The summed E-state index contributed by atoms with van der Waals surface area (Å²) < 4.78 is 0. The van der Waals surface area contributed by atoms with Crippen LogP contribution in [-0.4, -0.2) is 12.1 Å². The van der Waals surface area contributed by atoms with Crippen LogP contribution in [0, 0.1) is 11.8 Å². The van der Waals surface area contributed by atoms with Crippen molar-refractivity contribution in [3.63, 3.8) is 0 Å². The van der Waals surface area contributed by atoms with Crippen molar-refractivity contribution in [1.82, 2.24) is 5.32 Å². The maximum atomic E-state index is 3.88. The lowest BCUT2D eigenvalue weighted by Crippen LogP contribution is -2.49. The highest BCUT2D eigenvalue weighted by atomic mass is 15.0. The zero-order chi connectivity index (χ0) is 12.5. The van der Waals surface area contributed by atoms with Crippen molar-refractivity contribution in [2.24, 2.45) is 11.8 Å². The number of hydrogen-bond donors (Lipinski definition) is 1. The van der Waals surface area contributed by atoms with Gasteiger partial charge in [0.15, 0.2) is 0 Å². The molecule has 18 heavy (non-hydrogen) atoms. The number of nitrogens with one attached hydrogen (secondary N) is 1. The summed E-state index contributed by atoms with van der Waals surface area (Å²) in [6.45, 7) is 4.72. The molecule has 1 aromatic carbocycles. The van der Waals surface area contributed by atoms with Crippen LogP contribution in [0.2, 0.25) is 0 Å². The van der Waals surface area contributed by atoms with Crippen molar-refractivity contribution >= 4 is 0 Å². The topological polar surface area (TPSA) is 12.0 Å². The molecule has 0 spiro atoms. The molecule has 1 aromatic rings. The molecular weight excluding hydrogens is 218 g/mol. The molecule has 0 radical (unpaired) electrons. The molecule has 2 aliphatic rings. The largest absolute Gasteiger partial charge is 0.311 e. The van der Waals surface area contributed by atoms with Crippen LogP contribution in [0.25, 0.3) is 0 Å². The number of fused-ring (bicyclic) bond motifs is 1. The Bertz CT molecular complexity index is 404. The minimum atomic E-state index is 0.720. The van der Waals surface area contributed by atoms with Gasteiger partial charge < -0.3 is 5.32 Å². The second-order valence-corrected chi connectivity index (χ2v) is 6.55. The summed E-state index contributed by atoms with van der Waals surface area (Å²) in [7, 11) is 0. The monoisotopic (exact) mass is 243 g/mol. The average Bonchev–Trinajstić information content (AvgIpc) is 2.32. The molecule has 1 N–H and O–H groups in total. The van der Waals surface area contributed by atoms with Crippen molar-refractivity contribution in [2.75, 3.05) is 0 Å². The van der Waals surface area contributed by atoms with Gasteiger partial charge in [-0.15, -0.1) is 0 Å². The van der Waals surface area contributed by atoms with Gasteiger partial charge in [0.25, 0.3) is 0 Å². The van der Waals surface area contributed by atoms with Gasteiger partial charge >= 0.3 is 0 Å². The molecule has 1 nitrogen and oxygen atoms in total. The highest BCUT2D eigenvalue weighted by Crippen LogP contribution is 2.34. The van der Waals surface area contributed by atoms with Crippen molar-refractivity contribution in [2.45, 2.75) is 58.0 Å². The van der Waals surface area contributed by atoms with Crippen LogP contribution in [0.4, 0.5) is 0 Å². The van der Waals surface area contributed by atoms with Gasteiger partial charge in [-0.1, -0.05) is 38.1 Å². The van der Waals surface area contributed by atoms with Crippen LogP contribution in [0.1, 0.15) is 44.2 Å². The Kier molecular flexibility index (Phi) is 3.43. The first-order chi connectivity index (χ1) is 8.72. The van der Waals surface area contributed by atoms with Crippen molar-refractivity contribution in [1.29, 1.82) is 0 Å². The van der Waals surface area contributed by atoms with E-state index in [-0.39, 0.29) is 0 Å². The van der Waals surface area contributed by atoms with E-state index in [4.69, 9.17) is 0 Å². The van der Waals surface area contributed by atoms with E-state index in [0.717, 1.165) is 23.9 Å². The molecule has 0 aliphatic heterocycles. The average molecular weight is 243 g/mol. The molecule has 0 amide bonds. The van der Waals surface area contributed by atoms with E-state index in [9.17, 15) is 0 Å². The van der Waals surface area contributed by atoms with Crippen LogP contribution in [0.5, 0.6) is 0 Å². The van der Waals surface area contributed by atoms with Crippen LogP contribution < -0.4 is 5.32 Å². The highest BCUT2D eigenvalue weighted by Gasteiger charge is 2.32. The maximum absolute atomic E-state index is 3.88. The number of rotatable bonds is 3. The molecule has 1 saturated carbocycles. The summed E-state index contributed by atoms with van der Waals surface area (Å²) in [5.74, 6) is 1.84. The summed E-state index contributed by atoms with van der Waals surface area (Å²) in [5.41, 5.74) is 3.14. The fraction of sp³-hybridized carbons (Fsp3) is 0.647. The fourth-order valence-electron chi connectivity index (χ4n) is 3.52. The van der Waals surface area contributed by atoms with Gasteiger partial charge in [-0.3, -0.25) is 0 Å². The lowest BCUT2D eigenvalue weighted by Gasteiger charge is -2.41. The van der Waals surface area contributed by atoms with Crippen LogP contribution >= 0.6 is 0 Å². The smallest absolute Gasteiger partial charge is 0.0113 e. The third-order valence-electron chi connectivity index (χ3n) is 4.94. The molecule has 1 heteroatoms. The van der Waals surface area contributed by atoms with Gasteiger partial charge in [0.2, 0.25) is 0 Å². The quantitative estimate of drug-likeness (QED) is 0.856. The van der Waals surface area contributed by atoms with Crippen LogP contribution in [0.3, 0.4) is 0 Å². The fourth-order valence-corrected chi connectivity index (χ4v) is 3.52. The molecule has 1 fully saturated rings. The van der Waals surface area contributed by atoms with Gasteiger partial charge in [0.1, 0.15) is 0 Å². The normalized spacial score (nSPS) is 30.9. The van der Waals surface area contributed by atoms with Crippen molar-refractivity contribution < 1.29 is 0 Å². The predicted octanol–water partition coefficient (Wildman–Crippen LogP) is 3.57. The SMILES string of the molecule is CC(C)C1CC(NC2CCc3ccccc3C2)C1. The van der Waals surface area contributed by atoms with Crippen LogP contribution in [0.15, 0.2) is 24.3 Å². The molecule has 98 valence electrons. The van der Waals surface area contributed by atoms with Crippen LogP contribution in [-0.2, 0) is 12.8 Å². The molecule has 0 bridgehead atoms. The lowest BCUT2D eigenvalue weighted by molar-refractivity contribution is 0.154. The number of hydrogen-bond acceptors (Lipinski definition) is 1. The van der Waals surface area contributed by atoms with Gasteiger partial charge in [-0.25, -0.2) is 0 Å².